The van der Waals surface area contributed by atoms with Crippen molar-refractivity contribution >= 4 is 21.8 Å². The van der Waals surface area contributed by atoms with Gasteiger partial charge in [0, 0.05) is 31.5 Å². The number of alkyl carbamates (subject to hydrolysis) is 1. The van der Waals surface area contributed by atoms with Gasteiger partial charge in [0.05, 0.1) is 4.90 Å². The van der Waals surface area contributed by atoms with Gasteiger partial charge in [-0.05, 0) is 76.9 Å². The third-order valence-electron chi connectivity index (χ3n) is 4.90. The fourth-order valence-corrected chi connectivity index (χ4v) is 3.87. The summed E-state index contributed by atoms with van der Waals surface area (Å²) >= 11 is 0. The maximum absolute atomic E-state index is 12.3. The summed E-state index contributed by atoms with van der Waals surface area (Å²) in [7, 11) is -3.27. The maximum Gasteiger partial charge on any atom is 0.407 e. The van der Waals surface area contributed by atoms with Crippen LogP contribution >= 0.6 is 0 Å². The maximum atomic E-state index is 12.3. The zero-order chi connectivity index (χ0) is 22.4. The number of rotatable bonds is 7. The second-order valence-electron chi connectivity index (χ2n) is 8.72. The van der Waals surface area contributed by atoms with Crippen molar-refractivity contribution in [3.8, 4) is 0 Å². The molecule has 2 amide bonds. The topological polar surface area (TPSA) is 105 Å². The van der Waals surface area contributed by atoms with Gasteiger partial charge in [0.25, 0.3) is 5.91 Å². The second kappa shape index (κ2) is 10.3. The molecule has 0 aromatic heterocycles. The Morgan fingerprint density at radius 3 is 2.23 bits per heavy atom. The van der Waals surface area contributed by atoms with Crippen LogP contribution in [-0.2, 0) is 14.6 Å². The van der Waals surface area contributed by atoms with Crippen LogP contribution in [-0.4, -0.2) is 69.9 Å². The monoisotopic (exact) mass is 439 g/mol. The van der Waals surface area contributed by atoms with E-state index in [1.807, 2.05) is 20.8 Å². The van der Waals surface area contributed by atoms with Crippen molar-refractivity contribution in [1.29, 1.82) is 0 Å². The molecule has 0 saturated carbocycles. The summed E-state index contributed by atoms with van der Waals surface area (Å²) < 4.78 is 28.2. The summed E-state index contributed by atoms with van der Waals surface area (Å²) in [6.45, 7) is 9.24. The van der Waals surface area contributed by atoms with Crippen molar-refractivity contribution in [2.24, 2.45) is 5.92 Å². The Hall–Kier alpha value is -2.13. The zero-order valence-electron chi connectivity index (χ0n) is 18.2. The van der Waals surface area contributed by atoms with Gasteiger partial charge in [-0.2, -0.15) is 0 Å². The van der Waals surface area contributed by atoms with E-state index in [-0.39, 0.29) is 10.8 Å². The van der Waals surface area contributed by atoms with Crippen molar-refractivity contribution < 1.29 is 22.7 Å². The van der Waals surface area contributed by atoms with E-state index in [0.29, 0.717) is 24.6 Å². The number of sulfone groups is 1. The van der Waals surface area contributed by atoms with Crippen LogP contribution in [0.25, 0.3) is 0 Å². The molecule has 1 aliphatic heterocycles. The molecule has 0 bridgehead atoms. The fourth-order valence-electron chi connectivity index (χ4n) is 3.24. The summed E-state index contributed by atoms with van der Waals surface area (Å²) in [5.41, 5.74) is -0.0455. The third-order valence-corrected chi connectivity index (χ3v) is 6.03. The Balaban J connectivity index is 1.66. The van der Waals surface area contributed by atoms with E-state index in [2.05, 4.69) is 15.5 Å². The van der Waals surface area contributed by atoms with Crippen LogP contribution in [0.3, 0.4) is 0 Å². The van der Waals surface area contributed by atoms with Gasteiger partial charge in [0.2, 0.25) is 0 Å². The quantitative estimate of drug-likeness (QED) is 0.674. The Kier molecular flexibility index (Phi) is 8.25. The second-order valence-corrected chi connectivity index (χ2v) is 10.7. The Morgan fingerprint density at radius 1 is 1.10 bits per heavy atom. The number of nitrogens with one attached hydrogen (secondary N) is 2. The number of nitrogens with zero attached hydrogens (tertiary/aromatic N) is 1. The molecule has 168 valence electrons. The predicted molar refractivity (Wildman–Crippen MR) is 115 cm³/mol. The molecule has 1 fully saturated rings. The van der Waals surface area contributed by atoms with Crippen LogP contribution < -0.4 is 10.6 Å². The molecule has 0 aliphatic carbocycles. The van der Waals surface area contributed by atoms with E-state index in [1.54, 1.807) is 0 Å². The molecule has 9 heteroatoms. The number of hydrogen-bond donors (Lipinski definition) is 2. The van der Waals surface area contributed by atoms with Gasteiger partial charge in [-0.3, -0.25) is 4.79 Å². The number of carbonyl (C=O) groups excluding carboxylic acids is 2. The third kappa shape index (κ3) is 8.31. The number of benzene rings is 1. The average Bonchev–Trinajstić information content (AvgIpc) is 2.65. The van der Waals surface area contributed by atoms with Crippen LogP contribution in [0.5, 0.6) is 0 Å². The Labute approximate surface area is 179 Å². The highest BCUT2D eigenvalue weighted by Gasteiger charge is 2.21. The van der Waals surface area contributed by atoms with Crippen LogP contribution in [0.15, 0.2) is 29.2 Å². The first-order valence-electron chi connectivity index (χ1n) is 10.2. The summed E-state index contributed by atoms with van der Waals surface area (Å²) in [5.74, 6) is 0.207. The first-order chi connectivity index (χ1) is 13.9. The largest absolute Gasteiger partial charge is 0.444 e. The van der Waals surface area contributed by atoms with Gasteiger partial charge in [0.1, 0.15) is 5.60 Å². The molecule has 1 aliphatic rings. The minimum atomic E-state index is -3.27. The number of ether oxygens (including phenoxy) is 1. The molecule has 1 aromatic rings. The highest BCUT2D eigenvalue weighted by Crippen LogP contribution is 2.16. The van der Waals surface area contributed by atoms with E-state index < -0.39 is 21.5 Å². The van der Waals surface area contributed by atoms with Gasteiger partial charge in [-0.25, -0.2) is 13.2 Å². The number of amides is 2. The van der Waals surface area contributed by atoms with Gasteiger partial charge < -0.3 is 20.3 Å². The predicted octanol–water partition coefficient (Wildman–Crippen LogP) is 2.06. The molecule has 1 heterocycles. The Morgan fingerprint density at radius 2 is 1.70 bits per heavy atom. The number of hydrogen-bond acceptors (Lipinski definition) is 6. The first kappa shape index (κ1) is 24.1. The van der Waals surface area contributed by atoms with Crippen molar-refractivity contribution in [1.82, 2.24) is 15.5 Å². The molecule has 0 spiro atoms. The van der Waals surface area contributed by atoms with E-state index in [0.717, 1.165) is 38.7 Å². The lowest BCUT2D eigenvalue weighted by atomic mass is 9.96. The average molecular weight is 440 g/mol. The number of carbonyl (C=O) groups is 2. The van der Waals surface area contributed by atoms with Crippen LogP contribution in [0.2, 0.25) is 0 Å². The number of likely N-dealkylation sites (tertiary alicyclic amines) is 1. The van der Waals surface area contributed by atoms with Crippen molar-refractivity contribution in [2.75, 3.05) is 39.0 Å². The lowest BCUT2D eigenvalue weighted by Crippen LogP contribution is -2.42. The van der Waals surface area contributed by atoms with Crippen molar-refractivity contribution in [3.63, 3.8) is 0 Å². The number of piperidine rings is 1. The fraction of sp³-hybridized carbons (Fsp3) is 0.619. The highest BCUT2D eigenvalue weighted by atomic mass is 32.2. The summed E-state index contributed by atoms with van der Waals surface area (Å²) in [5, 5.41) is 5.71. The molecule has 2 N–H and O–H groups in total. The lowest BCUT2D eigenvalue weighted by Gasteiger charge is -2.32. The van der Waals surface area contributed by atoms with Gasteiger partial charge >= 0.3 is 6.09 Å². The summed E-state index contributed by atoms with van der Waals surface area (Å²) in [6, 6.07) is 5.97. The first-order valence-corrected chi connectivity index (χ1v) is 12.1. The zero-order valence-corrected chi connectivity index (χ0v) is 19.0. The molecule has 0 radical (unpaired) electrons. The molecule has 2 rings (SSSR count). The molecule has 0 unspecified atom stereocenters. The van der Waals surface area contributed by atoms with E-state index in [1.165, 1.54) is 24.3 Å². The van der Waals surface area contributed by atoms with Gasteiger partial charge in [0.15, 0.2) is 9.84 Å². The lowest BCUT2D eigenvalue weighted by molar-refractivity contribution is 0.0519. The summed E-state index contributed by atoms with van der Waals surface area (Å²) in [4.78, 5) is 26.5. The van der Waals surface area contributed by atoms with E-state index in [9.17, 15) is 18.0 Å². The van der Waals surface area contributed by atoms with Crippen molar-refractivity contribution in [2.45, 2.75) is 44.1 Å². The SMILES string of the molecule is CC(C)(C)OC(=O)NCCN1CCC(CNC(=O)c2ccc(S(C)(=O)=O)cc2)CC1. The minimum Gasteiger partial charge on any atom is -0.444 e. The van der Waals surface area contributed by atoms with E-state index >= 15 is 0 Å². The molecule has 8 nitrogen and oxygen atoms in total. The standard InChI is InChI=1S/C21H33N3O5S/c1-21(2,3)29-20(26)22-11-14-24-12-9-16(10-13-24)15-23-19(25)17-5-7-18(8-6-17)30(4,27)28/h5-8,16H,9-15H2,1-4H3,(H,22,26)(H,23,25). The van der Waals surface area contributed by atoms with Crippen LogP contribution in [0.1, 0.15) is 44.0 Å². The molecule has 0 atom stereocenters. The Bertz CT molecular complexity index is 823. The molecule has 1 aromatic carbocycles. The normalized spacial score (nSPS) is 16.1. The molecule has 30 heavy (non-hydrogen) atoms. The van der Waals surface area contributed by atoms with E-state index in [4.69, 9.17) is 4.74 Å². The van der Waals surface area contributed by atoms with Gasteiger partial charge in [-0.15, -0.1) is 0 Å². The minimum absolute atomic E-state index is 0.195. The highest BCUT2D eigenvalue weighted by molar-refractivity contribution is 7.90. The smallest absolute Gasteiger partial charge is 0.407 e. The van der Waals surface area contributed by atoms with Crippen LogP contribution in [0, 0.1) is 5.92 Å². The molecule has 1 saturated heterocycles. The summed E-state index contributed by atoms with van der Waals surface area (Å²) in [6.07, 6.45) is 2.69. The van der Waals surface area contributed by atoms with Gasteiger partial charge in [-0.1, -0.05) is 0 Å². The van der Waals surface area contributed by atoms with Crippen molar-refractivity contribution in [3.05, 3.63) is 29.8 Å². The van der Waals surface area contributed by atoms with Crippen LogP contribution in [0.4, 0.5) is 4.79 Å². The molecular formula is C21H33N3O5S. The molecular weight excluding hydrogens is 406 g/mol.